The van der Waals surface area contributed by atoms with Gasteiger partial charge in [0.25, 0.3) is 0 Å². The van der Waals surface area contributed by atoms with E-state index < -0.39 is 0 Å². The summed E-state index contributed by atoms with van der Waals surface area (Å²) in [6, 6.07) is 7.92. The monoisotopic (exact) mass is 413 g/mol. The van der Waals surface area contributed by atoms with E-state index in [4.69, 9.17) is 5.73 Å². The third-order valence-corrected chi connectivity index (χ3v) is 4.68. The molecule has 0 radical (unpaired) electrons. The Morgan fingerprint density at radius 1 is 1.33 bits per heavy atom. The number of halogens is 2. The summed E-state index contributed by atoms with van der Waals surface area (Å²) in [5.74, 6) is 1.35. The zero-order chi connectivity index (χ0) is 16.2. The van der Waals surface area contributed by atoms with Gasteiger partial charge in [0.15, 0.2) is 5.82 Å². The van der Waals surface area contributed by atoms with Crippen LogP contribution in [0, 0.1) is 5.92 Å². The maximum atomic E-state index is 12.2. The predicted octanol–water partition coefficient (Wildman–Crippen LogP) is 2.79. The molecule has 1 aromatic carbocycles. The summed E-state index contributed by atoms with van der Waals surface area (Å²) >= 11 is 3.40. The van der Waals surface area contributed by atoms with E-state index in [1.807, 2.05) is 24.3 Å². The van der Waals surface area contributed by atoms with Crippen molar-refractivity contribution >= 4 is 34.2 Å². The maximum Gasteiger partial charge on any atom is 0.223 e. The van der Waals surface area contributed by atoms with E-state index in [1.54, 1.807) is 0 Å². The number of hydrogen-bond donors (Lipinski definition) is 3. The third kappa shape index (κ3) is 4.78. The van der Waals surface area contributed by atoms with Crippen LogP contribution in [0.1, 0.15) is 31.5 Å². The summed E-state index contributed by atoms with van der Waals surface area (Å²) in [7, 11) is 0. The minimum atomic E-state index is 0. The van der Waals surface area contributed by atoms with E-state index in [9.17, 15) is 4.79 Å². The smallest absolute Gasteiger partial charge is 0.223 e. The molecule has 8 heteroatoms. The number of aromatic amines is 1. The minimum absolute atomic E-state index is 0. The number of carbonyl (C=O) groups is 1. The van der Waals surface area contributed by atoms with Crippen molar-refractivity contribution < 1.29 is 4.79 Å². The Labute approximate surface area is 155 Å². The van der Waals surface area contributed by atoms with Crippen LogP contribution in [0.2, 0.25) is 0 Å². The predicted molar refractivity (Wildman–Crippen MR) is 98.5 cm³/mol. The molecule has 2 atom stereocenters. The quantitative estimate of drug-likeness (QED) is 0.716. The van der Waals surface area contributed by atoms with Gasteiger partial charge in [0.2, 0.25) is 5.91 Å². The van der Waals surface area contributed by atoms with Crippen LogP contribution >= 0.6 is 28.3 Å². The van der Waals surface area contributed by atoms with E-state index in [0.29, 0.717) is 18.2 Å². The molecule has 0 spiro atoms. The molecule has 0 bridgehead atoms. The lowest BCUT2D eigenvalue weighted by Crippen LogP contribution is -2.37. The van der Waals surface area contributed by atoms with Gasteiger partial charge in [-0.05, 0) is 31.4 Å². The van der Waals surface area contributed by atoms with E-state index in [2.05, 4.69) is 36.4 Å². The Morgan fingerprint density at radius 3 is 2.79 bits per heavy atom. The Morgan fingerprint density at radius 2 is 2.08 bits per heavy atom. The molecule has 24 heavy (non-hydrogen) atoms. The molecule has 1 aliphatic rings. The summed E-state index contributed by atoms with van der Waals surface area (Å²) in [6.07, 6.45) is 3.73. The average Bonchev–Trinajstić information content (AvgIpc) is 3.02. The molecule has 2 unspecified atom stereocenters. The molecule has 6 nitrogen and oxygen atoms in total. The topological polar surface area (TPSA) is 96.7 Å². The Balaban J connectivity index is 0.00000208. The van der Waals surface area contributed by atoms with Crippen LogP contribution in [0.15, 0.2) is 28.7 Å². The number of carbonyl (C=O) groups excluding carboxylic acids is 1. The van der Waals surface area contributed by atoms with Crippen LogP contribution in [0.25, 0.3) is 11.4 Å². The molecule has 3 rings (SSSR count). The van der Waals surface area contributed by atoms with E-state index in [-0.39, 0.29) is 30.3 Å². The largest absolute Gasteiger partial charge is 0.349 e. The van der Waals surface area contributed by atoms with Crippen molar-refractivity contribution in [3.05, 3.63) is 34.6 Å². The highest BCUT2D eigenvalue weighted by Crippen LogP contribution is 2.23. The fourth-order valence-corrected chi connectivity index (χ4v) is 3.15. The lowest BCUT2D eigenvalue weighted by atomic mass is 9.85. The molecule has 0 saturated heterocycles. The highest BCUT2D eigenvalue weighted by molar-refractivity contribution is 9.10. The molecule has 1 amide bonds. The fourth-order valence-electron chi connectivity index (χ4n) is 2.88. The summed E-state index contributed by atoms with van der Waals surface area (Å²) in [5.41, 5.74) is 6.87. The van der Waals surface area contributed by atoms with Crippen LogP contribution in [0.4, 0.5) is 0 Å². The van der Waals surface area contributed by atoms with Crippen molar-refractivity contribution in [1.82, 2.24) is 20.5 Å². The first-order valence-corrected chi connectivity index (χ1v) is 8.61. The van der Waals surface area contributed by atoms with Crippen LogP contribution in [0.5, 0.6) is 0 Å². The summed E-state index contributed by atoms with van der Waals surface area (Å²) < 4.78 is 1.01. The molecule has 0 aliphatic heterocycles. The van der Waals surface area contributed by atoms with Gasteiger partial charge in [-0.1, -0.05) is 34.5 Å². The Bertz CT molecular complexity index is 675. The fraction of sp³-hybridized carbons (Fsp3) is 0.438. The van der Waals surface area contributed by atoms with Gasteiger partial charge in [0.1, 0.15) is 5.82 Å². The lowest BCUT2D eigenvalue weighted by molar-refractivity contribution is -0.126. The first kappa shape index (κ1) is 18.9. The second kappa shape index (κ2) is 8.60. The van der Waals surface area contributed by atoms with Gasteiger partial charge < -0.3 is 11.1 Å². The molecular weight excluding hydrogens is 394 g/mol. The molecule has 1 heterocycles. The van der Waals surface area contributed by atoms with Crippen LogP contribution < -0.4 is 11.1 Å². The van der Waals surface area contributed by atoms with Gasteiger partial charge in [0.05, 0.1) is 6.54 Å². The number of nitrogens with zero attached hydrogens (tertiary/aromatic N) is 2. The normalized spacial score (nSPS) is 20.2. The van der Waals surface area contributed by atoms with Crippen molar-refractivity contribution in [1.29, 1.82) is 0 Å². The van der Waals surface area contributed by atoms with Gasteiger partial charge in [-0.15, -0.1) is 12.4 Å². The van der Waals surface area contributed by atoms with Gasteiger partial charge in [-0.2, -0.15) is 5.10 Å². The van der Waals surface area contributed by atoms with E-state index in [1.165, 1.54) is 0 Å². The van der Waals surface area contributed by atoms with Crippen molar-refractivity contribution in [3.8, 4) is 11.4 Å². The summed E-state index contributed by atoms with van der Waals surface area (Å²) in [4.78, 5) is 16.6. The molecule has 1 aromatic heterocycles. The zero-order valence-electron chi connectivity index (χ0n) is 13.2. The highest BCUT2D eigenvalue weighted by Gasteiger charge is 2.25. The number of nitrogens with two attached hydrogens (primary N) is 1. The molecule has 130 valence electrons. The zero-order valence-corrected chi connectivity index (χ0v) is 15.6. The SMILES string of the molecule is Cl.NC1CCCC(C(=O)NCc2nc(-c3ccc(Br)cc3)n[nH]2)C1. The number of benzene rings is 1. The minimum Gasteiger partial charge on any atom is -0.349 e. The number of nitrogens with one attached hydrogen (secondary N) is 2. The standard InChI is InChI=1S/C16H20BrN5O.ClH/c17-12-6-4-10(5-7-12)15-20-14(21-22-15)9-19-16(23)11-2-1-3-13(18)8-11;/h4-7,11,13H,1-3,8-9,18H2,(H,19,23)(H,20,21,22);1H. The number of hydrogen-bond acceptors (Lipinski definition) is 4. The van der Waals surface area contributed by atoms with Crippen LogP contribution in [0.3, 0.4) is 0 Å². The molecule has 4 N–H and O–H groups in total. The summed E-state index contributed by atoms with van der Waals surface area (Å²) in [6.45, 7) is 0.355. The van der Waals surface area contributed by atoms with Crippen molar-refractivity contribution in [2.75, 3.05) is 0 Å². The first-order chi connectivity index (χ1) is 11.1. The molecule has 2 aromatic rings. The molecular formula is C16H21BrClN5O. The van der Waals surface area contributed by atoms with Gasteiger partial charge in [-0.25, -0.2) is 4.98 Å². The maximum absolute atomic E-state index is 12.2. The Kier molecular flexibility index (Phi) is 6.77. The second-order valence-electron chi connectivity index (χ2n) is 5.95. The highest BCUT2D eigenvalue weighted by atomic mass is 79.9. The van der Waals surface area contributed by atoms with E-state index in [0.717, 1.165) is 35.7 Å². The van der Waals surface area contributed by atoms with Crippen LogP contribution in [-0.2, 0) is 11.3 Å². The second-order valence-corrected chi connectivity index (χ2v) is 6.87. The van der Waals surface area contributed by atoms with Gasteiger partial charge >= 0.3 is 0 Å². The average molecular weight is 415 g/mol. The van der Waals surface area contributed by atoms with Crippen LogP contribution in [-0.4, -0.2) is 27.1 Å². The number of rotatable bonds is 4. The first-order valence-electron chi connectivity index (χ1n) is 7.82. The molecule has 1 aliphatic carbocycles. The van der Waals surface area contributed by atoms with Crippen molar-refractivity contribution in [2.45, 2.75) is 38.3 Å². The lowest BCUT2D eigenvalue weighted by Gasteiger charge is -2.25. The number of H-pyrrole nitrogens is 1. The Hall–Kier alpha value is -1.44. The van der Waals surface area contributed by atoms with Crippen molar-refractivity contribution in [2.24, 2.45) is 11.7 Å². The number of aromatic nitrogens is 3. The summed E-state index contributed by atoms with van der Waals surface area (Å²) in [5, 5.41) is 10.00. The number of amides is 1. The molecule has 1 saturated carbocycles. The van der Waals surface area contributed by atoms with E-state index >= 15 is 0 Å². The van der Waals surface area contributed by atoms with Crippen molar-refractivity contribution in [3.63, 3.8) is 0 Å². The molecule has 1 fully saturated rings. The van der Waals surface area contributed by atoms with Gasteiger partial charge in [0, 0.05) is 22.0 Å². The van der Waals surface area contributed by atoms with Gasteiger partial charge in [-0.3, -0.25) is 9.89 Å². The third-order valence-electron chi connectivity index (χ3n) is 4.15.